The molecule has 0 saturated heterocycles. The van der Waals surface area contributed by atoms with Crippen molar-refractivity contribution >= 4 is 17.3 Å². The van der Waals surface area contributed by atoms with Gasteiger partial charge in [-0.25, -0.2) is 9.78 Å². The van der Waals surface area contributed by atoms with Gasteiger partial charge < -0.3 is 19.1 Å². The highest BCUT2D eigenvalue weighted by Crippen LogP contribution is 2.38. The summed E-state index contributed by atoms with van der Waals surface area (Å²) in [5.74, 6) is -0.512. The highest BCUT2D eigenvalue weighted by atomic mass is 32.1. The van der Waals surface area contributed by atoms with E-state index in [1.807, 2.05) is 20.8 Å². The molecular formula is C26H23F3N2O5S. The van der Waals surface area contributed by atoms with Gasteiger partial charge in [0, 0.05) is 17.0 Å². The quantitative estimate of drug-likeness (QED) is 0.253. The van der Waals surface area contributed by atoms with Gasteiger partial charge in [-0.3, -0.25) is 0 Å². The maximum Gasteiger partial charge on any atom is 0.573 e. The number of alkyl halides is 3. The SMILES string of the molecule is Cc1cc(OCc2c(-c3ccccc3OC(F)(F)F)noc2C(C)C)ccc1-c1nc(C)c(C(=O)O)s1. The Bertz CT molecular complexity index is 1440. The molecule has 0 amide bonds. The number of rotatable bonds is 8. The third-order valence-electron chi connectivity index (χ3n) is 5.51. The minimum absolute atomic E-state index is 0.00892. The number of nitrogens with zero attached hydrogens (tertiary/aromatic N) is 2. The molecule has 0 fully saturated rings. The molecule has 0 aliphatic rings. The number of aromatic carboxylic acids is 1. The van der Waals surface area contributed by atoms with Gasteiger partial charge in [0.25, 0.3) is 0 Å². The van der Waals surface area contributed by atoms with Crippen LogP contribution in [0, 0.1) is 13.8 Å². The first-order valence-electron chi connectivity index (χ1n) is 11.2. The van der Waals surface area contributed by atoms with Crippen LogP contribution in [0.25, 0.3) is 21.8 Å². The van der Waals surface area contributed by atoms with Crippen molar-refractivity contribution in [3.63, 3.8) is 0 Å². The maximum atomic E-state index is 13.0. The van der Waals surface area contributed by atoms with E-state index >= 15 is 0 Å². The van der Waals surface area contributed by atoms with E-state index in [0.29, 0.717) is 27.8 Å². The predicted octanol–water partition coefficient (Wildman–Crippen LogP) is 7.38. The molecule has 1 N–H and O–H groups in total. The molecule has 4 aromatic rings. The summed E-state index contributed by atoms with van der Waals surface area (Å²) in [6.45, 7) is 7.26. The lowest BCUT2D eigenvalue weighted by Crippen LogP contribution is -2.17. The van der Waals surface area contributed by atoms with Gasteiger partial charge in [0.15, 0.2) is 0 Å². The van der Waals surface area contributed by atoms with Gasteiger partial charge in [0.05, 0.1) is 11.3 Å². The lowest BCUT2D eigenvalue weighted by atomic mass is 10.0. The van der Waals surface area contributed by atoms with E-state index in [9.17, 15) is 23.1 Å². The van der Waals surface area contributed by atoms with Crippen LogP contribution in [-0.2, 0) is 6.61 Å². The second-order valence-electron chi connectivity index (χ2n) is 8.58. The largest absolute Gasteiger partial charge is 0.573 e. The average Bonchev–Trinajstić information content (AvgIpc) is 3.41. The molecule has 2 aromatic heterocycles. The number of aryl methyl sites for hydroxylation is 2. The fourth-order valence-corrected chi connectivity index (χ4v) is 4.83. The molecule has 0 unspecified atom stereocenters. The summed E-state index contributed by atoms with van der Waals surface area (Å²) in [5.41, 5.74) is 2.89. The smallest absolute Gasteiger partial charge is 0.489 e. The monoisotopic (exact) mass is 532 g/mol. The van der Waals surface area contributed by atoms with Crippen LogP contribution in [0.4, 0.5) is 13.2 Å². The molecule has 0 atom stereocenters. The van der Waals surface area contributed by atoms with Crippen molar-refractivity contribution in [3.05, 3.63) is 69.9 Å². The molecule has 0 aliphatic heterocycles. The van der Waals surface area contributed by atoms with Gasteiger partial charge in [-0.2, -0.15) is 0 Å². The Balaban J connectivity index is 1.63. The predicted molar refractivity (Wildman–Crippen MR) is 131 cm³/mol. The van der Waals surface area contributed by atoms with Gasteiger partial charge in [0.2, 0.25) is 0 Å². The van der Waals surface area contributed by atoms with E-state index in [4.69, 9.17) is 9.26 Å². The second kappa shape index (κ2) is 10.3. The number of thiazole rings is 1. The van der Waals surface area contributed by atoms with Crippen molar-refractivity contribution in [1.29, 1.82) is 0 Å². The highest BCUT2D eigenvalue weighted by Gasteiger charge is 2.33. The zero-order valence-corrected chi connectivity index (χ0v) is 21.2. The summed E-state index contributed by atoms with van der Waals surface area (Å²) in [7, 11) is 0. The molecule has 4 rings (SSSR count). The summed E-state index contributed by atoms with van der Waals surface area (Å²) in [5, 5.41) is 13.9. The molecule has 0 saturated carbocycles. The molecule has 2 heterocycles. The molecule has 194 valence electrons. The number of aromatic nitrogens is 2. The van der Waals surface area contributed by atoms with Crippen molar-refractivity contribution in [3.8, 4) is 33.3 Å². The molecule has 0 bridgehead atoms. The van der Waals surface area contributed by atoms with Crippen LogP contribution >= 0.6 is 11.3 Å². The number of para-hydroxylation sites is 1. The van der Waals surface area contributed by atoms with Crippen LogP contribution < -0.4 is 9.47 Å². The first kappa shape index (κ1) is 26.2. The topological polar surface area (TPSA) is 94.7 Å². The van der Waals surface area contributed by atoms with Gasteiger partial charge >= 0.3 is 12.3 Å². The Morgan fingerprint density at radius 1 is 1.14 bits per heavy atom. The molecular weight excluding hydrogens is 509 g/mol. The molecule has 11 heteroatoms. The summed E-state index contributed by atoms with van der Waals surface area (Å²) in [6.07, 6.45) is -4.86. The average molecular weight is 533 g/mol. The van der Waals surface area contributed by atoms with Crippen molar-refractivity contribution in [2.24, 2.45) is 0 Å². The van der Waals surface area contributed by atoms with Crippen LogP contribution in [0.1, 0.15) is 52.0 Å². The van der Waals surface area contributed by atoms with Crippen molar-refractivity contribution in [1.82, 2.24) is 10.1 Å². The van der Waals surface area contributed by atoms with Crippen LogP contribution in [0.5, 0.6) is 11.5 Å². The Kier molecular flexibility index (Phi) is 7.26. The Hall–Kier alpha value is -3.86. The van der Waals surface area contributed by atoms with Crippen molar-refractivity contribution < 1.29 is 37.1 Å². The van der Waals surface area contributed by atoms with Crippen LogP contribution in [0.3, 0.4) is 0 Å². The normalized spacial score (nSPS) is 11.7. The van der Waals surface area contributed by atoms with Gasteiger partial charge in [-0.1, -0.05) is 31.1 Å². The Labute approximate surface area is 214 Å². The number of ether oxygens (including phenoxy) is 2. The zero-order chi connectivity index (χ0) is 26.9. The summed E-state index contributed by atoms with van der Waals surface area (Å²) in [4.78, 5) is 15.9. The molecule has 2 aromatic carbocycles. The summed E-state index contributed by atoms with van der Waals surface area (Å²) in [6, 6.07) is 11.0. The van der Waals surface area contributed by atoms with Crippen LogP contribution in [-0.4, -0.2) is 27.6 Å². The van der Waals surface area contributed by atoms with E-state index in [0.717, 1.165) is 22.5 Å². The number of carboxylic acid groups (broad SMARTS) is 1. The van der Waals surface area contributed by atoms with Gasteiger partial charge in [0.1, 0.15) is 39.4 Å². The third kappa shape index (κ3) is 5.77. The van der Waals surface area contributed by atoms with E-state index < -0.39 is 12.3 Å². The highest BCUT2D eigenvalue weighted by molar-refractivity contribution is 7.17. The molecule has 37 heavy (non-hydrogen) atoms. The second-order valence-corrected chi connectivity index (χ2v) is 9.58. The number of hydrogen-bond acceptors (Lipinski definition) is 7. The standard InChI is InChI=1S/C26H23F3N2O5S/c1-13(2)22-19(21(31-36-22)18-7-5-6-8-20(18)35-26(27,28)29)12-34-16-9-10-17(14(3)11-16)24-30-15(4)23(37-24)25(32)33/h5-11,13H,12H2,1-4H3,(H,32,33). The summed E-state index contributed by atoms with van der Waals surface area (Å²) >= 11 is 1.10. The number of carboxylic acids is 1. The third-order valence-corrected chi connectivity index (χ3v) is 6.69. The van der Waals surface area contributed by atoms with Gasteiger partial charge in [-0.05, 0) is 49.7 Å². The summed E-state index contributed by atoms with van der Waals surface area (Å²) < 4.78 is 54.6. The van der Waals surface area contributed by atoms with Crippen molar-refractivity contribution in [2.75, 3.05) is 0 Å². The van der Waals surface area contributed by atoms with Crippen molar-refractivity contribution in [2.45, 2.75) is 46.6 Å². The zero-order valence-electron chi connectivity index (χ0n) is 20.3. The number of hydrogen-bond donors (Lipinski definition) is 1. The van der Waals surface area contributed by atoms with E-state index in [1.165, 1.54) is 18.2 Å². The van der Waals surface area contributed by atoms with Crippen LogP contribution in [0.15, 0.2) is 47.0 Å². The Morgan fingerprint density at radius 2 is 1.86 bits per heavy atom. The molecule has 0 radical (unpaired) electrons. The molecule has 0 spiro atoms. The lowest BCUT2D eigenvalue weighted by molar-refractivity contribution is -0.274. The number of benzene rings is 2. The maximum absolute atomic E-state index is 13.0. The fourth-order valence-electron chi connectivity index (χ4n) is 3.83. The Morgan fingerprint density at radius 3 is 2.49 bits per heavy atom. The number of halogens is 3. The minimum atomic E-state index is -4.86. The molecule has 0 aliphatic carbocycles. The van der Waals surface area contributed by atoms with E-state index in [1.54, 1.807) is 31.2 Å². The van der Waals surface area contributed by atoms with Crippen LogP contribution in [0.2, 0.25) is 0 Å². The number of carbonyl (C=O) groups is 1. The van der Waals surface area contributed by atoms with Gasteiger partial charge in [-0.15, -0.1) is 24.5 Å². The first-order valence-corrected chi connectivity index (χ1v) is 12.0. The lowest BCUT2D eigenvalue weighted by Gasteiger charge is -2.14. The first-order chi connectivity index (χ1) is 17.4. The van der Waals surface area contributed by atoms with E-state index in [2.05, 4.69) is 14.9 Å². The fraction of sp³-hybridized carbons (Fsp3) is 0.269. The minimum Gasteiger partial charge on any atom is -0.489 e. The molecule has 7 nitrogen and oxygen atoms in total. The van der Waals surface area contributed by atoms with E-state index in [-0.39, 0.29) is 34.4 Å².